The minimum atomic E-state index is -3.09. The van der Waals surface area contributed by atoms with Crippen LogP contribution in [0.4, 0.5) is 11.6 Å². The Morgan fingerprint density at radius 2 is 1.73 bits per heavy atom. The van der Waals surface area contributed by atoms with Gasteiger partial charge in [-0.1, -0.05) is 35.3 Å². The van der Waals surface area contributed by atoms with E-state index in [4.69, 9.17) is 23.2 Å². The van der Waals surface area contributed by atoms with Gasteiger partial charge in [-0.05, 0) is 37.3 Å². The number of hydrogen-bond acceptors (Lipinski definition) is 8. The predicted molar refractivity (Wildman–Crippen MR) is 142 cm³/mol. The molecule has 1 fully saturated rings. The molecular weight excluding hydrogens is 539 g/mol. The highest BCUT2D eigenvalue weighted by atomic mass is 35.5. The van der Waals surface area contributed by atoms with Gasteiger partial charge < -0.3 is 10.2 Å². The van der Waals surface area contributed by atoms with Gasteiger partial charge in [0.15, 0.2) is 9.84 Å². The van der Waals surface area contributed by atoms with Gasteiger partial charge in [0.1, 0.15) is 11.2 Å². The highest BCUT2D eigenvalue weighted by Gasteiger charge is 2.26. The molecule has 0 atom stereocenters. The van der Waals surface area contributed by atoms with E-state index >= 15 is 0 Å². The molecule has 0 unspecified atom stereocenters. The number of anilines is 2. The Hall–Kier alpha value is -3.54. The topological polar surface area (TPSA) is 127 Å². The largest absolute Gasteiger partial charge is 0.337 e. The van der Waals surface area contributed by atoms with Crippen molar-refractivity contribution in [1.82, 2.24) is 24.6 Å². The maximum absolute atomic E-state index is 13.2. The number of amides is 1. The molecule has 13 heteroatoms. The summed E-state index contributed by atoms with van der Waals surface area (Å²) in [4.78, 5) is 36.3. The van der Waals surface area contributed by atoms with Crippen molar-refractivity contribution >= 4 is 61.5 Å². The van der Waals surface area contributed by atoms with E-state index in [2.05, 4.69) is 20.4 Å². The van der Waals surface area contributed by atoms with E-state index < -0.39 is 15.4 Å². The van der Waals surface area contributed by atoms with Gasteiger partial charge in [0.2, 0.25) is 5.95 Å². The van der Waals surface area contributed by atoms with Gasteiger partial charge in [0.05, 0.1) is 32.6 Å². The van der Waals surface area contributed by atoms with Crippen LogP contribution in [0.3, 0.4) is 0 Å². The van der Waals surface area contributed by atoms with Crippen LogP contribution in [0.25, 0.3) is 16.6 Å². The number of aryl methyl sites for hydroxylation is 1. The van der Waals surface area contributed by atoms with Gasteiger partial charge in [-0.3, -0.25) is 9.59 Å². The van der Waals surface area contributed by atoms with E-state index in [1.807, 2.05) is 0 Å². The summed E-state index contributed by atoms with van der Waals surface area (Å²) in [6.07, 6.45) is 1.39. The van der Waals surface area contributed by atoms with Crippen molar-refractivity contribution in [2.45, 2.75) is 6.92 Å². The van der Waals surface area contributed by atoms with Crippen molar-refractivity contribution in [3.05, 3.63) is 80.3 Å². The number of rotatable bonds is 4. The second-order valence-electron chi connectivity index (χ2n) is 8.48. The second kappa shape index (κ2) is 9.73. The van der Waals surface area contributed by atoms with Crippen LogP contribution in [0.15, 0.2) is 53.5 Å². The third kappa shape index (κ3) is 5.02. The number of hydrogen-bond donors (Lipinski definition) is 1. The summed E-state index contributed by atoms with van der Waals surface area (Å²) < 4.78 is 24.5. The molecule has 0 bridgehead atoms. The van der Waals surface area contributed by atoms with Crippen molar-refractivity contribution in [2.75, 3.05) is 29.9 Å². The molecule has 0 spiro atoms. The van der Waals surface area contributed by atoms with Crippen molar-refractivity contribution in [1.29, 1.82) is 0 Å². The number of benzene rings is 2. The van der Waals surface area contributed by atoms with Crippen LogP contribution < -0.4 is 10.9 Å². The first-order valence-electron chi connectivity index (χ1n) is 11.2. The molecule has 0 saturated carbocycles. The number of nitrogens with one attached hydrogen (secondary N) is 1. The Bertz CT molecular complexity index is 1690. The molecule has 10 nitrogen and oxygen atoms in total. The molecule has 1 saturated heterocycles. The van der Waals surface area contributed by atoms with E-state index in [9.17, 15) is 18.0 Å². The summed E-state index contributed by atoms with van der Waals surface area (Å²) in [5, 5.41) is 8.21. The quantitative estimate of drug-likeness (QED) is 0.403. The van der Waals surface area contributed by atoms with Crippen LogP contribution in [0, 0.1) is 6.92 Å². The van der Waals surface area contributed by atoms with Crippen LogP contribution in [0.5, 0.6) is 0 Å². The summed E-state index contributed by atoms with van der Waals surface area (Å²) in [5.74, 6) is -0.130. The first-order valence-corrected chi connectivity index (χ1v) is 13.8. The summed E-state index contributed by atoms with van der Waals surface area (Å²) in [5.41, 5.74) is 1.57. The highest BCUT2D eigenvalue weighted by Crippen LogP contribution is 2.27. The summed E-state index contributed by atoms with van der Waals surface area (Å²) in [6, 6.07) is 11.7. The Morgan fingerprint density at radius 1 is 1.05 bits per heavy atom. The smallest absolute Gasteiger partial charge is 0.282 e. The number of halogens is 2. The molecule has 5 rings (SSSR count). The van der Waals surface area contributed by atoms with E-state index in [0.717, 1.165) is 4.68 Å². The van der Waals surface area contributed by atoms with Gasteiger partial charge in [-0.15, -0.1) is 0 Å². The van der Waals surface area contributed by atoms with Crippen LogP contribution in [0.1, 0.15) is 16.1 Å². The number of aromatic nitrogens is 4. The van der Waals surface area contributed by atoms with Crippen LogP contribution in [-0.4, -0.2) is 63.6 Å². The SMILES string of the molecule is Cc1nn(-c2c(Cl)cccc2Cl)c(=O)c2cnc(Nc3cccc(C(=O)N4CCS(=O)(=O)CC4)c3)nc12. The van der Waals surface area contributed by atoms with Gasteiger partial charge in [-0.2, -0.15) is 9.78 Å². The van der Waals surface area contributed by atoms with Crippen molar-refractivity contribution in [3.8, 4) is 5.69 Å². The lowest BCUT2D eigenvalue weighted by Crippen LogP contribution is -2.43. The van der Waals surface area contributed by atoms with E-state index in [-0.39, 0.29) is 57.6 Å². The third-order valence-corrected chi connectivity index (χ3v) is 8.17. The van der Waals surface area contributed by atoms with Gasteiger partial charge in [0.25, 0.3) is 11.5 Å². The molecular formula is C24H20Cl2N6O4S. The number of para-hydroxylation sites is 1. The van der Waals surface area contributed by atoms with Gasteiger partial charge in [0, 0.05) is 30.5 Å². The molecule has 1 amide bonds. The van der Waals surface area contributed by atoms with Crippen molar-refractivity contribution in [3.63, 3.8) is 0 Å². The highest BCUT2D eigenvalue weighted by molar-refractivity contribution is 7.91. The van der Waals surface area contributed by atoms with E-state index in [1.165, 1.54) is 11.1 Å². The number of nitrogens with zero attached hydrogens (tertiary/aromatic N) is 5. The predicted octanol–water partition coefficient (Wildman–Crippen LogP) is 3.41. The van der Waals surface area contributed by atoms with Gasteiger partial charge >= 0.3 is 0 Å². The Balaban J connectivity index is 1.43. The fourth-order valence-corrected chi connectivity index (χ4v) is 5.79. The average Bonchev–Trinajstić information content (AvgIpc) is 2.86. The summed E-state index contributed by atoms with van der Waals surface area (Å²) in [6.45, 7) is 2.03. The Kier molecular flexibility index (Phi) is 6.61. The summed E-state index contributed by atoms with van der Waals surface area (Å²) >= 11 is 12.5. The fourth-order valence-electron chi connectivity index (χ4n) is 4.03. The summed E-state index contributed by atoms with van der Waals surface area (Å²) in [7, 11) is -3.09. The van der Waals surface area contributed by atoms with Gasteiger partial charge in [-0.25, -0.2) is 18.4 Å². The number of carbonyl (C=O) groups is 1. The molecule has 190 valence electrons. The maximum Gasteiger partial charge on any atom is 0.282 e. The minimum Gasteiger partial charge on any atom is -0.337 e. The molecule has 3 heterocycles. The molecule has 0 aliphatic carbocycles. The number of sulfone groups is 1. The molecule has 2 aromatic carbocycles. The average molecular weight is 559 g/mol. The molecule has 1 N–H and O–H groups in total. The lowest BCUT2D eigenvalue weighted by atomic mass is 10.1. The second-order valence-corrected chi connectivity index (χ2v) is 11.6. The molecule has 1 aliphatic heterocycles. The van der Waals surface area contributed by atoms with Crippen molar-refractivity contribution < 1.29 is 13.2 Å². The lowest BCUT2D eigenvalue weighted by molar-refractivity contribution is 0.0770. The van der Waals surface area contributed by atoms with E-state index in [1.54, 1.807) is 49.4 Å². The normalized spacial score (nSPS) is 15.1. The Morgan fingerprint density at radius 3 is 2.43 bits per heavy atom. The minimum absolute atomic E-state index is 0.0423. The third-order valence-electron chi connectivity index (χ3n) is 5.95. The zero-order chi connectivity index (χ0) is 26.3. The number of fused-ring (bicyclic) bond motifs is 1. The molecule has 0 radical (unpaired) electrons. The lowest BCUT2D eigenvalue weighted by Gasteiger charge is -2.26. The van der Waals surface area contributed by atoms with Crippen LogP contribution >= 0.6 is 23.2 Å². The first kappa shape index (κ1) is 25.1. The Labute approximate surface area is 221 Å². The molecule has 2 aromatic heterocycles. The molecule has 4 aromatic rings. The monoisotopic (exact) mass is 558 g/mol. The van der Waals surface area contributed by atoms with Crippen LogP contribution in [-0.2, 0) is 9.84 Å². The molecule has 1 aliphatic rings. The fraction of sp³-hybridized carbons (Fsp3) is 0.208. The zero-order valence-electron chi connectivity index (χ0n) is 19.5. The van der Waals surface area contributed by atoms with Crippen LogP contribution in [0.2, 0.25) is 10.0 Å². The number of carbonyl (C=O) groups excluding carboxylic acids is 1. The zero-order valence-corrected chi connectivity index (χ0v) is 21.8. The standard InChI is InChI=1S/C24H20Cl2N6O4S/c1-14-20-17(23(34)32(30-14)21-18(25)6-3-7-19(21)26)13-27-24(29-20)28-16-5-2-4-15(12-16)22(33)31-8-10-37(35,36)11-9-31/h2-7,12-13H,8-11H2,1H3,(H,27,28,29). The van der Waals surface area contributed by atoms with Crippen molar-refractivity contribution in [2.24, 2.45) is 0 Å². The molecule has 37 heavy (non-hydrogen) atoms. The first-order chi connectivity index (χ1) is 17.6. The van der Waals surface area contributed by atoms with E-state index in [0.29, 0.717) is 22.5 Å². The maximum atomic E-state index is 13.2.